The van der Waals surface area contributed by atoms with Gasteiger partial charge in [0.25, 0.3) is 0 Å². The third kappa shape index (κ3) is 1.63. The number of hydrogen-bond donors (Lipinski definition) is 0. The molecule has 1 fully saturated rings. The first kappa shape index (κ1) is 7.71. The Balaban J connectivity index is 2.08. The molecule has 0 saturated heterocycles. The Morgan fingerprint density at radius 1 is 1.17 bits per heavy atom. The summed E-state index contributed by atoms with van der Waals surface area (Å²) in [6.45, 7) is 0. The van der Waals surface area contributed by atoms with Gasteiger partial charge in [-0.15, -0.1) is 0 Å². The Hall–Kier alpha value is -0.920. The monoisotopic (exact) mass is 168 g/mol. The van der Waals surface area contributed by atoms with Crippen LogP contribution < -0.4 is 0 Å². The molecule has 2 heteroatoms. The summed E-state index contributed by atoms with van der Waals surface area (Å²) in [5, 5.41) is 0. The summed E-state index contributed by atoms with van der Waals surface area (Å²) in [4.78, 5) is 0. The first-order chi connectivity index (χ1) is 5.68. The van der Waals surface area contributed by atoms with Crippen molar-refractivity contribution in [2.24, 2.45) is 0 Å². The normalized spacial score (nSPS) is 19.2. The van der Waals surface area contributed by atoms with Crippen LogP contribution in [0.3, 0.4) is 0 Å². The molecule has 0 nitrogen and oxygen atoms in total. The lowest BCUT2D eigenvalue weighted by atomic mass is 10.1. The topological polar surface area (TPSA) is 0 Å². The van der Waals surface area contributed by atoms with Crippen LogP contribution >= 0.6 is 0 Å². The minimum absolute atomic E-state index is 0.262. The second-order valence-electron chi connectivity index (χ2n) is 3.45. The summed E-state index contributed by atoms with van der Waals surface area (Å²) in [5.41, 5.74) is -0.0888. The van der Waals surface area contributed by atoms with E-state index < -0.39 is 5.67 Å². The molecule has 0 radical (unpaired) electrons. The van der Waals surface area contributed by atoms with E-state index in [0.29, 0.717) is 19.3 Å². The van der Waals surface area contributed by atoms with Crippen LogP contribution in [0.15, 0.2) is 24.3 Å². The number of halogens is 2. The van der Waals surface area contributed by atoms with E-state index in [-0.39, 0.29) is 5.82 Å². The first-order valence-electron chi connectivity index (χ1n) is 4.11. The van der Waals surface area contributed by atoms with E-state index in [1.165, 1.54) is 12.1 Å². The Labute approximate surface area is 70.2 Å². The van der Waals surface area contributed by atoms with Crippen molar-refractivity contribution < 1.29 is 8.78 Å². The van der Waals surface area contributed by atoms with Crippen molar-refractivity contribution >= 4 is 0 Å². The SMILES string of the molecule is Fc1ccc(CC2(F)CC2)cc1. The number of benzene rings is 1. The molecule has 0 atom stereocenters. The Bertz CT molecular complexity index is 272. The molecule has 1 aromatic carbocycles. The highest BCUT2D eigenvalue weighted by Gasteiger charge is 2.42. The molecule has 2 rings (SSSR count). The van der Waals surface area contributed by atoms with E-state index in [4.69, 9.17) is 0 Å². The van der Waals surface area contributed by atoms with E-state index >= 15 is 0 Å². The van der Waals surface area contributed by atoms with Crippen LogP contribution in [0.2, 0.25) is 0 Å². The molecule has 0 bridgehead atoms. The van der Waals surface area contributed by atoms with Crippen LogP contribution in [0.5, 0.6) is 0 Å². The van der Waals surface area contributed by atoms with Gasteiger partial charge < -0.3 is 0 Å². The average Bonchev–Trinajstić information content (AvgIpc) is 2.74. The minimum atomic E-state index is -0.974. The maximum Gasteiger partial charge on any atom is 0.123 e. The fourth-order valence-electron chi connectivity index (χ4n) is 1.28. The zero-order valence-electron chi connectivity index (χ0n) is 6.69. The summed E-state index contributed by atoms with van der Waals surface area (Å²) < 4.78 is 25.6. The van der Waals surface area contributed by atoms with Crippen LogP contribution in [0.25, 0.3) is 0 Å². The van der Waals surface area contributed by atoms with Gasteiger partial charge >= 0.3 is 0 Å². The number of alkyl halides is 1. The van der Waals surface area contributed by atoms with Gasteiger partial charge in [-0.05, 0) is 30.5 Å². The zero-order chi connectivity index (χ0) is 8.60. The van der Waals surface area contributed by atoms with Gasteiger partial charge in [0.2, 0.25) is 0 Å². The summed E-state index contributed by atoms with van der Waals surface area (Å²) in [6.07, 6.45) is 1.75. The average molecular weight is 168 g/mol. The lowest BCUT2D eigenvalue weighted by Crippen LogP contribution is -2.03. The van der Waals surface area contributed by atoms with Crippen molar-refractivity contribution in [1.29, 1.82) is 0 Å². The largest absolute Gasteiger partial charge is 0.244 e. The van der Waals surface area contributed by atoms with Gasteiger partial charge in [0, 0.05) is 6.42 Å². The quantitative estimate of drug-likeness (QED) is 0.637. The molecule has 1 aliphatic carbocycles. The predicted molar refractivity (Wildman–Crippen MR) is 43.2 cm³/mol. The van der Waals surface area contributed by atoms with Gasteiger partial charge in [-0.2, -0.15) is 0 Å². The van der Waals surface area contributed by atoms with Gasteiger partial charge in [0.1, 0.15) is 11.5 Å². The van der Waals surface area contributed by atoms with Gasteiger partial charge in [-0.25, -0.2) is 8.78 Å². The molecule has 1 aromatic rings. The highest BCUT2D eigenvalue weighted by Crippen LogP contribution is 2.42. The molecule has 0 amide bonds. The number of rotatable bonds is 2. The molecular formula is C10H10F2. The van der Waals surface area contributed by atoms with Crippen molar-refractivity contribution in [2.45, 2.75) is 24.9 Å². The van der Waals surface area contributed by atoms with Gasteiger partial charge in [0.05, 0.1) is 0 Å². The van der Waals surface area contributed by atoms with Crippen LogP contribution in [0.4, 0.5) is 8.78 Å². The smallest absolute Gasteiger partial charge is 0.123 e. The van der Waals surface area contributed by atoms with E-state index in [9.17, 15) is 8.78 Å². The van der Waals surface area contributed by atoms with E-state index in [0.717, 1.165) is 5.56 Å². The minimum Gasteiger partial charge on any atom is -0.244 e. The molecule has 0 unspecified atom stereocenters. The van der Waals surface area contributed by atoms with Crippen molar-refractivity contribution in [3.8, 4) is 0 Å². The highest BCUT2D eigenvalue weighted by atomic mass is 19.1. The second-order valence-corrected chi connectivity index (χ2v) is 3.45. The zero-order valence-corrected chi connectivity index (χ0v) is 6.69. The molecule has 1 aliphatic rings. The van der Waals surface area contributed by atoms with Crippen molar-refractivity contribution in [3.05, 3.63) is 35.6 Å². The predicted octanol–water partition coefficient (Wildman–Crippen LogP) is 2.87. The fraction of sp³-hybridized carbons (Fsp3) is 0.400. The molecular weight excluding hydrogens is 158 g/mol. The van der Waals surface area contributed by atoms with Gasteiger partial charge in [-0.3, -0.25) is 0 Å². The summed E-state index contributed by atoms with van der Waals surface area (Å²) in [5.74, 6) is -0.262. The molecule has 0 heterocycles. The van der Waals surface area contributed by atoms with Crippen LogP contribution in [-0.4, -0.2) is 5.67 Å². The lowest BCUT2D eigenvalue weighted by molar-refractivity contribution is 0.308. The summed E-state index contributed by atoms with van der Waals surface area (Å²) >= 11 is 0. The van der Waals surface area contributed by atoms with Crippen molar-refractivity contribution in [3.63, 3.8) is 0 Å². The Morgan fingerprint density at radius 3 is 2.25 bits per heavy atom. The van der Waals surface area contributed by atoms with E-state index in [1.54, 1.807) is 12.1 Å². The highest BCUT2D eigenvalue weighted by molar-refractivity contribution is 5.20. The molecule has 0 aromatic heterocycles. The maximum atomic E-state index is 13.2. The molecule has 64 valence electrons. The first-order valence-corrected chi connectivity index (χ1v) is 4.11. The summed E-state index contributed by atoms with van der Waals surface area (Å²) in [7, 11) is 0. The molecule has 0 aliphatic heterocycles. The van der Waals surface area contributed by atoms with E-state index in [1.807, 2.05) is 0 Å². The molecule has 0 N–H and O–H groups in total. The standard InChI is InChI=1S/C10H10F2/c11-9-3-1-8(2-4-9)7-10(12)5-6-10/h1-4H,5-7H2. The summed E-state index contributed by atoms with van der Waals surface area (Å²) in [6, 6.07) is 6.05. The van der Waals surface area contributed by atoms with Gasteiger partial charge in [0.15, 0.2) is 0 Å². The van der Waals surface area contributed by atoms with Gasteiger partial charge in [-0.1, -0.05) is 12.1 Å². The molecule has 12 heavy (non-hydrogen) atoms. The third-order valence-electron chi connectivity index (χ3n) is 2.23. The molecule has 1 saturated carbocycles. The van der Waals surface area contributed by atoms with Crippen molar-refractivity contribution in [1.82, 2.24) is 0 Å². The maximum absolute atomic E-state index is 13.2. The van der Waals surface area contributed by atoms with Crippen LogP contribution in [0.1, 0.15) is 18.4 Å². The number of hydrogen-bond acceptors (Lipinski definition) is 0. The Morgan fingerprint density at radius 2 is 1.75 bits per heavy atom. The fourth-order valence-corrected chi connectivity index (χ4v) is 1.28. The van der Waals surface area contributed by atoms with Crippen molar-refractivity contribution in [2.75, 3.05) is 0 Å². The Kier molecular flexibility index (Phi) is 1.63. The lowest BCUT2D eigenvalue weighted by Gasteiger charge is -2.03. The second kappa shape index (κ2) is 2.54. The molecule has 0 spiro atoms. The third-order valence-corrected chi connectivity index (χ3v) is 2.23. The van der Waals surface area contributed by atoms with Crippen LogP contribution in [-0.2, 0) is 6.42 Å². The van der Waals surface area contributed by atoms with Crippen LogP contribution in [0, 0.1) is 5.82 Å². The van der Waals surface area contributed by atoms with E-state index in [2.05, 4.69) is 0 Å².